The molecule has 0 unspecified atom stereocenters. The van der Waals surface area contributed by atoms with Crippen LogP contribution in [0.3, 0.4) is 0 Å². The highest BCUT2D eigenvalue weighted by molar-refractivity contribution is 5.37. The van der Waals surface area contributed by atoms with Crippen molar-refractivity contribution in [3.63, 3.8) is 0 Å². The fourth-order valence-corrected chi connectivity index (χ4v) is 1.55. The number of hydrogen-bond acceptors (Lipinski definition) is 4. The van der Waals surface area contributed by atoms with Gasteiger partial charge in [-0.1, -0.05) is 6.42 Å². The van der Waals surface area contributed by atoms with E-state index in [0.29, 0.717) is 0 Å². The largest absolute Gasteiger partial charge is 0.317 e. The Morgan fingerprint density at radius 3 is 2.69 bits per heavy atom. The number of hydrogen-bond donors (Lipinski definition) is 1. The fourth-order valence-electron chi connectivity index (χ4n) is 1.55. The normalized spacial score (nSPS) is 18.5. The van der Waals surface area contributed by atoms with E-state index >= 15 is 0 Å². The van der Waals surface area contributed by atoms with Crippen LogP contribution in [-0.4, -0.2) is 28.3 Å². The SMILES string of the molecule is c1cc(NN2CCCCC2)cnn1. The summed E-state index contributed by atoms with van der Waals surface area (Å²) in [5, 5.41) is 9.78. The van der Waals surface area contributed by atoms with E-state index in [1.165, 1.54) is 19.3 Å². The first-order valence-corrected chi connectivity index (χ1v) is 4.73. The van der Waals surface area contributed by atoms with Crippen LogP contribution in [0.15, 0.2) is 18.5 Å². The molecule has 0 aliphatic carbocycles. The van der Waals surface area contributed by atoms with Crippen LogP contribution in [0.5, 0.6) is 0 Å². The van der Waals surface area contributed by atoms with Crippen molar-refractivity contribution >= 4 is 5.69 Å². The van der Waals surface area contributed by atoms with Crippen molar-refractivity contribution in [1.29, 1.82) is 0 Å². The van der Waals surface area contributed by atoms with Gasteiger partial charge in [-0.3, -0.25) is 0 Å². The third kappa shape index (κ3) is 2.39. The molecule has 2 heterocycles. The Hall–Kier alpha value is -1.16. The number of nitrogens with one attached hydrogen (secondary N) is 1. The molecule has 0 saturated carbocycles. The van der Waals surface area contributed by atoms with Crippen LogP contribution in [0.4, 0.5) is 5.69 Å². The van der Waals surface area contributed by atoms with Crippen molar-refractivity contribution in [2.75, 3.05) is 18.5 Å². The monoisotopic (exact) mass is 178 g/mol. The Balaban J connectivity index is 1.90. The van der Waals surface area contributed by atoms with E-state index in [-0.39, 0.29) is 0 Å². The predicted molar refractivity (Wildman–Crippen MR) is 51.1 cm³/mol. The van der Waals surface area contributed by atoms with Crippen LogP contribution in [0.2, 0.25) is 0 Å². The van der Waals surface area contributed by atoms with Gasteiger partial charge < -0.3 is 5.43 Å². The van der Waals surface area contributed by atoms with Gasteiger partial charge >= 0.3 is 0 Å². The number of piperidine rings is 1. The van der Waals surface area contributed by atoms with E-state index in [0.717, 1.165) is 18.8 Å². The summed E-state index contributed by atoms with van der Waals surface area (Å²) in [6.07, 6.45) is 7.37. The van der Waals surface area contributed by atoms with Crippen LogP contribution in [-0.2, 0) is 0 Å². The number of rotatable bonds is 2. The summed E-state index contributed by atoms with van der Waals surface area (Å²) >= 11 is 0. The van der Waals surface area contributed by atoms with E-state index < -0.39 is 0 Å². The molecule has 0 atom stereocenters. The summed E-state index contributed by atoms with van der Waals surface area (Å²) in [7, 11) is 0. The molecule has 2 rings (SSSR count). The van der Waals surface area contributed by atoms with Gasteiger partial charge in [0.25, 0.3) is 0 Å². The molecule has 0 aromatic carbocycles. The minimum absolute atomic E-state index is 1.02. The lowest BCUT2D eigenvalue weighted by atomic mass is 10.2. The smallest absolute Gasteiger partial charge is 0.0741 e. The average molecular weight is 178 g/mol. The van der Waals surface area contributed by atoms with Crippen LogP contribution in [0.25, 0.3) is 0 Å². The molecular weight excluding hydrogens is 164 g/mol. The molecular formula is C9H14N4. The van der Waals surface area contributed by atoms with Gasteiger partial charge in [-0.15, -0.1) is 0 Å². The van der Waals surface area contributed by atoms with Crippen molar-refractivity contribution in [3.8, 4) is 0 Å². The Morgan fingerprint density at radius 2 is 2.00 bits per heavy atom. The molecule has 0 bridgehead atoms. The van der Waals surface area contributed by atoms with Crippen LogP contribution >= 0.6 is 0 Å². The van der Waals surface area contributed by atoms with Crippen molar-refractivity contribution < 1.29 is 0 Å². The molecule has 1 fully saturated rings. The van der Waals surface area contributed by atoms with Crippen molar-refractivity contribution in [2.24, 2.45) is 0 Å². The lowest BCUT2D eigenvalue weighted by Crippen LogP contribution is -2.34. The van der Waals surface area contributed by atoms with E-state index in [1.54, 1.807) is 12.4 Å². The van der Waals surface area contributed by atoms with Crippen LogP contribution in [0, 0.1) is 0 Å². The highest BCUT2D eigenvalue weighted by atomic mass is 15.5. The molecule has 1 saturated heterocycles. The Kier molecular flexibility index (Phi) is 2.72. The zero-order valence-electron chi connectivity index (χ0n) is 7.61. The maximum atomic E-state index is 3.81. The fraction of sp³-hybridized carbons (Fsp3) is 0.556. The molecule has 4 nitrogen and oxygen atoms in total. The van der Waals surface area contributed by atoms with Gasteiger partial charge in [0.05, 0.1) is 18.1 Å². The van der Waals surface area contributed by atoms with Gasteiger partial charge in [0, 0.05) is 13.1 Å². The highest BCUT2D eigenvalue weighted by Crippen LogP contribution is 2.10. The number of nitrogens with zero attached hydrogens (tertiary/aromatic N) is 3. The van der Waals surface area contributed by atoms with Crippen molar-refractivity contribution in [1.82, 2.24) is 15.2 Å². The van der Waals surface area contributed by atoms with Gasteiger partial charge in [0.1, 0.15) is 0 Å². The molecule has 1 aliphatic heterocycles. The molecule has 1 N–H and O–H groups in total. The first kappa shape index (κ1) is 8.44. The second-order valence-corrected chi connectivity index (χ2v) is 3.29. The summed E-state index contributed by atoms with van der Waals surface area (Å²) in [5.74, 6) is 0. The van der Waals surface area contributed by atoms with Gasteiger partial charge in [0.15, 0.2) is 0 Å². The standard InChI is InChI=1S/C9H14N4/c1-2-6-13(7-3-1)12-9-4-5-10-11-8-9/h4-5,8H,1-3,6-7H2,(H,10,12). The van der Waals surface area contributed by atoms with E-state index in [4.69, 9.17) is 0 Å². The van der Waals surface area contributed by atoms with Crippen molar-refractivity contribution in [2.45, 2.75) is 19.3 Å². The Labute approximate surface area is 77.9 Å². The Bertz CT molecular complexity index is 243. The van der Waals surface area contributed by atoms with Crippen LogP contribution in [0.1, 0.15) is 19.3 Å². The van der Waals surface area contributed by atoms with E-state index in [2.05, 4.69) is 20.6 Å². The number of hydrazine groups is 1. The summed E-state index contributed by atoms with van der Waals surface area (Å²) < 4.78 is 0. The first-order valence-electron chi connectivity index (χ1n) is 4.73. The van der Waals surface area contributed by atoms with Gasteiger partial charge in [-0.25, -0.2) is 5.01 Å². The number of aromatic nitrogens is 2. The minimum Gasteiger partial charge on any atom is -0.317 e. The van der Waals surface area contributed by atoms with Gasteiger partial charge in [-0.2, -0.15) is 10.2 Å². The molecule has 70 valence electrons. The molecule has 13 heavy (non-hydrogen) atoms. The Morgan fingerprint density at radius 1 is 1.15 bits per heavy atom. The van der Waals surface area contributed by atoms with Crippen molar-refractivity contribution in [3.05, 3.63) is 18.5 Å². The second-order valence-electron chi connectivity index (χ2n) is 3.29. The third-order valence-corrected chi connectivity index (χ3v) is 2.23. The summed E-state index contributed by atoms with van der Waals surface area (Å²) in [6, 6.07) is 1.93. The van der Waals surface area contributed by atoms with Gasteiger partial charge in [-0.05, 0) is 18.9 Å². The summed E-state index contributed by atoms with van der Waals surface area (Å²) in [6.45, 7) is 2.25. The third-order valence-electron chi connectivity index (χ3n) is 2.23. The molecule has 0 radical (unpaired) electrons. The maximum Gasteiger partial charge on any atom is 0.0741 e. The zero-order chi connectivity index (χ0) is 8.93. The second kappa shape index (κ2) is 4.18. The van der Waals surface area contributed by atoms with Gasteiger partial charge in [0.2, 0.25) is 0 Å². The van der Waals surface area contributed by atoms with E-state index in [1.807, 2.05) is 6.07 Å². The minimum atomic E-state index is 1.02. The maximum absolute atomic E-state index is 3.81. The molecule has 1 aromatic heterocycles. The van der Waals surface area contributed by atoms with E-state index in [9.17, 15) is 0 Å². The zero-order valence-corrected chi connectivity index (χ0v) is 7.61. The molecule has 4 heteroatoms. The number of anilines is 1. The topological polar surface area (TPSA) is 41.0 Å². The summed E-state index contributed by atoms with van der Waals surface area (Å²) in [4.78, 5) is 0. The molecule has 0 spiro atoms. The first-order chi connectivity index (χ1) is 6.45. The molecule has 1 aliphatic rings. The lowest BCUT2D eigenvalue weighted by Gasteiger charge is -2.27. The highest BCUT2D eigenvalue weighted by Gasteiger charge is 2.08. The molecule has 1 aromatic rings. The quantitative estimate of drug-likeness (QED) is 0.741. The summed E-state index contributed by atoms with van der Waals surface area (Å²) in [5.41, 5.74) is 4.34. The average Bonchev–Trinajstić information content (AvgIpc) is 2.21. The van der Waals surface area contributed by atoms with Crippen LogP contribution < -0.4 is 5.43 Å². The predicted octanol–water partition coefficient (Wildman–Crippen LogP) is 1.29. The lowest BCUT2D eigenvalue weighted by molar-refractivity contribution is 0.273. The molecule has 0 amide bonds.